The number of ether oxygens (including phenoxy) is 2. The molecule has 0 bridgehead atoms. The molecule has 21 heavy (non-hydrogen) atoms. The van der Waals surface area contributed by atoms with E-state index in [4.69, 9.17) is 9.47 Å². The van der Waals surface area contributed by atoms with Gasteiger partial charge in [-0.3, -0.25) is 0 Å². The highest BCUT2D eigenvalue weighted by Gasteiger charge is 2.05. The maximum Gasteiger partial charge on any atom is 0.333 e. The fourth-order valence-corrected chi connectivity index (χ4v) is 2.16. The van der Waals surface area contributed by atoms with E-state index in [-0.39, 0.29) is 12.1 Å². The van der Waals surface area contributed by atoms with Crippen molar-refractivity contribution in [3.63, 3.8) is 0 Å². The minimum atomic E-state index is -0.339. The molecule has 1 unspecified atom stereocenters. The summed E-state index contributed by atoms with van der Waals surface area (Å²) in [5, 5.41) is 0. The summed E-state index contributed by atoms with van der Waals surface area (Å²) in [5.41, 5.74) is 0.432. The van der Waals surface area contributed by atoms with Crippen LogP contribution in [-0.2, 0) is 14.3 Å². The second-order valence-electron chi connectivity index (χ2n) is 5.86. The first-order valence-corrected chi connectivity index (χ1v) is 8.52. The van der Waals surface area contributed by atoms with E-state index in [1.807, 2.05) is 0 Å². The van der Waals surface area contributed by atoms with Crippen LogP contribution in [0.2, 0.25) is 0 Å². The van der Waals surface area contributed by atoms with Gasteiger partial charge in [-0.05, 0) is 20.3 Å². The fraction of sp³-hybridized carbons (Fsp3) is 0.833. The zero-order valence-electron chi connectivity index (χ0n) is 14.3. The average molecular weight is 298 g/mol. The molecule has 0 aromatic carbocycles. The van der Waals surface area contributed by atoms with Crippen LogP contribution >= 0.6 is 0 Å². The van der Waals surface area contributed by atoms with E-state index in [1.165, 1.54) is 51.4 Å². The lowest BCUT2D eigenvalue weighted by molar-refractivity contribution is -0.141. The van der Waals surface area contributed by atoms with E-state index in [1.54, 1.807) is 6.92 Å². The first-order valence-electron chi connectivity index (χ1n) is 8.52. The summed E-state index contributed by atoms with van der Waals surface area (Å²) >= 11 is 0. The van der Waals surface area contributed by atoms with Gasteiger partial charge >= 0.3 is 5.97 Å². The smallest absolute Gasteiger partial charge is 0.333 e. The number of esters is 1. The van der Waals surface area contributed by atoms with Crippen LogP contribution in [0.15, 0.2) is 12.2 Å². The van der Waals surface area contributed by atoms with Crippen LogP contribution in [0.5, 0.6) is 0 Å². The van der Waals surface area contributed by atoms with Crippen LogP contribution < -0.4 is 0 Å². The Kier molecular flexibility index (Phi) is 13.6. The van der Waals surface area contributed by atoms with E-state index < -0.39 is 0 Å². The Morgan fingerprint density at radius 2 is 1.57 bits per heavy atom. The van der Waals surface area contributed by atoms with E-state index in [0.29, 0.717) is 18.8 Å². The Morgan fingerprint density at radius 3 is 2.14 bits per heavy atom. The van der Waals surface area contributed by atoms with Gasteiger partial charge in [0.05, 0.1) is 12.7 Å². The molecule has 0 aromatic heterocycles. The highest BCUT2D eigenvalue weighted by molar-refractivity contribution is 5.86. The van der Waals surface area contributed by atoms with Gasteiger partial charge in [0.1, 0.15) is 6.61 Å². The van der Waals surface area contributed by atoms with Crippen molar-refractivity contribution in [1.29, 1.82) is 0 Å². The summed E-state index contributed by atoms with van der Waals surface area (Å²) < 4.78 is 10.6. The van der Waals surface area contributed by atoms with Crippen molar-refractivity contribution >= 4 is 5.97 Å². The highest BCUT2D eigenvalue weighted by Crippen LogP contribution is 2.11. The third-order valence-electron chi connectivity index (χ3n) is 3.53. The van der Waals surface area contributed by atoms with Crippen molar-refractivity contribution in [2.75, 3.05) is 13.2 Å². The Hall–Kier alpha value is -0.830. The SMILES string of the molecule is C=C(C)C(=O)OCCOC(C)CCCCCCCCCC. The predicted molar refractivity (Wildman–Crippen MR) is 88.4 cm³/mol. The molecule has 0 amide bonds. The topological polar surface area (TPSA) is 35.5 Å². The van der Waals surface area contributed by atoms with Crippen molar-refractivity contribution in [2.45, 2.75) is 84.7 Å². The second-order valence-corrected chi connectivity index (χ2v) is 5.86. The molecule has 0 saturated carbocycles. The van der Waals surface area contributed by atoms with Crippen molar-refractivity contribution < 1.29 is 14.3 Å². The second kappa shape index (κ2) is 14.1. The van der Waals surface area contributed by atoms with Crippen LogP contribution in [0.1, 0.15) is 78.6 Å². The minimum absolute atomic E-state index is 0.244. The summed E-state index contributed by atoms with van der Waals surface area (Å²) in [7, 11) is 0. The third-order valence-corrected chi connectivity index (χ3v) is 3.53. The maximum absolute atomic E-state index is 11.1. The van der Waals surface area contributed by atoms with Gasteiger partial charge in [-0.25, -0.2) is 4.79 Å². The van der Waals surface area contributed by atoms with Crippen molar-refractivity contribution in [2.24, 2.45) is 0 Å². The summed E-state index contributed by atoms with van der Waals surface area (Å²) in [5.74, 6) is -0.339. The molecule has 0 rings (SSSR count). The van der Waals surface area contributed by atoms with Gasteiger partial charge in [0.25, 0.3) is 0 Å². The number of rotatable bonds is 14. The molecule has 0 aromatic rings. The molecular formula is C18H34O3. The van der Waals surface area contributed by atoms with Gasteiger partial charge in [-0.1, -0.05) is 64.9 Å². The molecule has 0 N–H and O–H groups in total. The molecular weight excluding hydrogens is 264 g/mol. The molecule has 0 aliphatic rings. The highest BCUT2D eigenvalue weighted by atomic mass is 16.6. The minimum Gasteiger partial charge on any atom is -0.460 e. The van der Waals surface area contributed by atoms with E-state index in [2.05, 4.69) is 20.4 Å². The van der Waals surface area contributed by atoms with E-state index in [0.717, 1.165) is 6.42 Å². The van der Waals surface area contributed by atoms with Crippen molar-refractivity contribution in [3.8, 4) is 0 Å². The lowest BCUT2D eigenvalue weighted by atomic mass is 10.1. The van der Waals surface area contributed by atoms with Gasteiger partial charge < -0.3 is 9.47 Å². The Balaban J connectivity index is 3.29. The number of carbonyl (C=O) groups is 1. The van der Waals surface area contributed by atoms with Gasteiger partial charge in [-0.2, -0.15) is 0 Å². The fourth-order valence-electron chi connectivity index (χ4n) is 2.16. The number of carbonyl (C=O) groups excluding carboxylic acids is 1. The van der Waals surface area contributed by atoms with Gasteiger partial charge in [-0.15, -0.1) is 0 Å². The Bertz CT molecular complexity index is 274. The molecule has 0 aliphatic carbocycles. The molecule has 3 heteroatoms. The molecule has 0 radical (unpaired) electrons. The van der Waals surface area contributed by atoms with E-state index >= 15 is 0 Å². The summed E-state index contributed by atoms with van der Waals surface area (Å²) in [4.78, 5) is 11.1. The average Bonchev–Trinajstić information content (AvgIpc) is 2.46. The Morgan fingerprint density at radius 1 is 1.00 bits per heavy atom. The van der Waals surface area contributed by atoms with Crippen LogP contribution in [0.25, 0.3) is 0 Å². The quantitative estimate of drug-likeness (QED) is 0.256. The van der Waals surface area contributed by atoms with Crippen molar-refractivity contribution in [3.05, 3.63) is 12.2 Å². The van der Waals surface area contributed by atoms with Gasteiger partial charge in [0.15, 0.2) is 0 Å². The molecule has 1 atom stereocenters. The van der Waals surface area contributed by atoms with Crippen LogP contribution in [0, 0.1) is 0 Å². The largest absolute Gasteiger partial charge is 0.460 e. The third kappa shape index (κ3) is 13.9. The maximum atomic E-state index is 11.1. The molecule has 3 nitrogen and oxygen atoms in total. The van der Waals surface area contributed by atoms with Gasteiger partial charge in [0.2, 0.25) is 0 Å². The van der Waals surface area contributed by atoms with E-state index in [9.17, 15) is 4.79 Å². The molecule has 124 valence electrons. The standard InChI is InChI=1S/C18H34O3/c1-5-6-7-8-9-10-11-12-13-17(4)20-14-15-21-18(19)16(2)3/h17H,2,5-15H2,1,3-4H3. The number of hydrogen-bond acceptors (Lipinski definition) is 3. The zero-order valence-corrected chi connectivity index (χ0v) is 14.3. The molecule has 0 aliphatic heterocycles. The Labute approximate surface area is 131 Å². The first kappa shape index (κ1) is 20.2. The summed E-state index contributed by atoms with van der Waals surface area (Å²) in [6.07, 6.45) is 12.0. The van der Waals surface area contributed by atoms with Crippen LogP contribution in [0.3, 0.4) is 0 Å². The lowest BCUT2D eigenvalue weighted by Gasteiger charge is -2.13. The molecule has 0 heterocycles. The van der Waals surface area contributed by atoms with Crippen LogP contribution in [0.4, 0.5) is 0 Å². The first-order chi connectivity index (χ1) is 10.1. The lowest BCUT2D eigenvalue weighted by Crippen LogP contribution is -2.15. The number of unbranched alkanes of at least 4 members (excludes halogenated alkanes) is 7. The van der Waals surface area contributed by atoms with Crippen molar-refractivity contribution in [1.82, 2.24) is 0 Å². The summed E-state index contributed by atoms with van der Waals surface area (Å²) in [6, 6.07) is 0. The normalized spacial score (nSPS) is 12.1. The monoisotopic (exact) mass is 298 g/mol. The van der Waals surface area contributed by atoms with Crippen LogP contribution in [-0.4, -0.2) is 25.3 Å². The predicted octanol–water partition coefficient (Wildman–Crippen LogP) is 5.04. The summed E-state index contributed by atoms with van der Waals surface area (Å²) in [6.45, 7) is 10.3. The molecule has 0 saturated heterocycles. The van der Waals surface area contributed by atoms with Gasteiger partial charge in [0, 0.05) is 5.57 Å². The number of hydrogen-bond donors (Lipinski definition) is 0. The molecule has 0 spiro atoms. The molecule has 0 fully saturated rings. The zero-order chi connectivity index (χ0) is 15.9.